The molecule has 2 aliphatic carbocycles. The van der Waals surface area contributed by atoms with Crippen molar-refractivity contribution in [3.63, 3.8) is 0 Å². The number of amides is 1. The molecule has 1 heterocycles. The van der Waals surface area contributed by atoms with Crippen molar-refractivity contribution in [3.05, 3.63) is 77.1 Å². The average Bonchev–Trinajstić information content (AvgIpc) is 3.42. The molecule has 3 aromatic rings. The lowest BCUT2D eigenvalue weighted by molar-refractivity contribution is -0.147. The van der Waals surface area contributed by atoms with Crippen LogP contribution in [0.4, 0.5) is 14.5 Å². The number of aliphatic hydroxyl groups is 2. The lowest BCUT2D eigenvalue weighted by Crippen LogP contribution is -2.56. The number of benzene rings is 2. The van der Waals surface area contributed by atoms with Gasteiger partial charge in [0, 0.05) is 29.7 Å². The Balaban J connectivity index is 1.36. The SMILES string of the molecule is O=C(Nc1ccc(F)c(F)c1)c1ccc(Cl)c(S(=O)(=O)C2C[C@H]3CC[C@@H](C2)C3(O)C(O)Cn2cccn2)c1. The van der Waals surface area contributed by atoms with Crippen LogP contribution in [0.15, 0.2) is 59.8 Å². The zero-order valence-corrected chi connectivity index (χ0v) is 21.7. The zero-order chi connectivity index (χ0) is 27.2. The van der Waals surface area contributed by atoms with E-state index in [2.05, 4.69) is 10.4 Å². The summed E-state index contributed by atoms with van der Waals surface area (Å²) >= 11 is 6.28. The zero-order valence-electron chi connectivity index (χ0n) is 20.1. The van der Waals surface area contributed by atoms with E-state index in [1.165, 1.54) is 28.9 Å². The van der Waals surface area contributed by atoms with Gasteiger partial charge in [-0.2, -0.15) is 5.10 Å². The molecule has 1 amide bonds. The van der Waals surface area contributed by atoms with Gasteiger partial charge in [-0.3, -0.25) is 9.48 Å². The number of hydrogen-bond donors (Lipinski definition) is 3. The van der Waals surface area contributed by atoms with E-state index in [1.54, 1.807) is 18.5 Å². The highest BCUT2D eigenvalue weighted by molar-refractivity contribution is 7.92. The van der Waals surface area contributed by atoms with Crippen LogP contribution in [0.5, 0.6) is 0 Å². The van der Waals surface area contributed by atoms with Crippen molar-refractivity contribution in [2.24, 2.45) is 11.8 Å². The molecule has 2 aliphatic rings. The molecule has 3 unspecified atom stereocenters. The molecule has 5 rings (SSSR count). The Hall–Kier alpha value is -2.86. The van der Waals surface area contributed by atoms with E-state index in [1.807, 2.05) is 0 Å². The first-order valence-electron chi connectivity index (χ1n) is 12.2. The van der Waals surface area contributed by atoms with E-state index >= 15 is 0 Å². The second kappa shape index (κ2) is 10.0. The molecule has 8 nitrogen and oxygen atoms in total. The molecule has 1 aromatic heterocycles. The fourth-order valence-corrected chi connectivity index (χ4v) is 8.29. The number of aromatic nitrogens is 2. The Labute approximate surface area is 223 Å². The summed E-state index contributed by atoms with van der Waals surface area (Å²) in [6.45, 7) is 0.0921. The largest absolute Gasteiger partial charge is 0.388 e. The van der Waals surface area contributed by atoms with Gasteiger partial charge in [0.2, 0.25) is 0 Å². The van der Waals surface area contributed by atoms with Crippen LogP contribution >= 0.6 is 11.6 Å². The summed E-state index contributed by atoms with van der Waals surface area (Å²) in [5.41, 5.74) is -1.46. The van der Waals surface area contributed by atoms with Gasteiger partial charge in [0.25, 0.3) is 5.91 Å². The number of nitrogens with zero attached hydrogens (tertiary/aromatic N) is 2. The van der Waals surface area contributed by atoms with Crippen LogP contribution in [0.25, 0.3) is 0 Å². The Bertz CT molecular complexity index is 1450. The van der Waals surface area contributed by atoms with Gasteiger partial charge in [-0.05, 0) is 73.9 Å². The van der Waals surface area contributed by atoms with E-state index < -0.39 is 56.2 Å². The van der Waals surface area contributed by atoms with Crippen LogP contribution in [0, 0.1) is 23.5 Å². The monoisotopic (exact) mass is 565 g/mol. The molecule has 38 heavy (non-hydrogen) atoms. The summed E-state index contributed by atoms with van der Waals surface area (Å²) in [4.78, 5) is 12.5. The predicted octanol–water partition coefficient (Wildman–Crippen LogP) is 3.82. The summed E-state index contributed by atoms with van der Waals surface area (Å²) in [6.07, 6.45) is 3.56. The number of carbonyl (C=O) groups excluding carboxylic acids is 1. The number of anilines is 1. The van der Waals surface area contributed by atoms with E-state index in [0.717, 1.165) is 12.1 Å². The minimum Gasteiger partial charge on any atom is -0.388 e. The van der Waals surface area contributed by atoms with Crippen molar-refractivity contribution < 1.29 is 32.2 Å². The first-order valence-corrected chi connectivity index (χ1v) is 14.1. The van der Waals surface area contributed by atoms with Crippen LogP contribution in [0.3, 0.4) is 0 Å². The number of fused-ring (bicyclic) bond motifs is 2. The second-order valence-electron chi connectivity index (χ2n) is 9.97. The lowest BCUT2D eigenvalue weighted by atomic mass is 9.71. The van der Waals surface area contributed by atoms with E-state index in [9.17, 15) is 32.2 Å². The predicted molar refractivity (Wildman–Crippen MR) is 135 cm³/mol. The first kappa shape index (κ1) is 26.7. The summed E-state index contributed by atoms with van der Waals surface area (Å²) < 4.78 is 55.7. The van der Waals surface area contributed by atoms with Crippen molar-refractivity contribution in [3.8, 4) is 0 Å². The molecule has 0 radical (unpaired) electrons. The Morgan fingerprint density at radius 1 is 1.16 bits per heavy atom. The third-order valence-corrected chi connectivity index (χ3v) is 10.5. The Kier molecular flexibility index (Phi) is 7.06. The van der Waals surface area contributed by atoms with Crippen LogP contribution in [0.2, 0.25) is 5.02 Å². The number of halogens is 3. The van der Waals surface area contributed by atoms with E-state index in [-0.39, 0.29) is 40.6 Å². The highest BCUT2D eigenvalue weighted by Gasteiger charge is 2.59. The number of carbonyl (C=O) groups is 1. The number of rotatable bonds is 7. The van der Waals surface area contributed by atoms with Gasteiger partial charge in [-0.25, -0.2) is 17.2 Å². The summed E-state index contributed by atoms with van der Waals surface area (Å²) in [6, 6.07) is 8.40. The molecule has 2 bridgehead atoms. The van der Waals surface area contributed by atoms with Gasteiger partial charge >= 0.3 is 0 Å². The van der Waals surface area contributed by atoms with Crippen LogP contribution in [0.1, 0.15) is 36.0 Å². The molecule has 202 valence electrons. The topological polar surface area (TPSA) is 122 Å². The van der Waals surface area contributed by atoms with Gasteiger partial charge in [-0.15, -0.1) is 0 Å². The van der Waals surface area contributed by atoms with E-state index in [4.69, 9.17) is 11.6 Å². The fraction of sp³-hybridized carbons (Fsp3) is 0.385. The molecule has 2 saturated carbocycles. The van der Waals surface area contributed by atoms with Crippen molar-refractivity contribution in [2.75, 3.05) is 5.32 Å². The Morgan fingerprint density at radius 2 is 1.87 bits per heavy atom. The third kappa shape index (κ3) is 4.72. The van der Waals surface area contributed by atoms with Crippen molar-refractivity contribution in [1.82, 2.24) is 9.78 Å². The average molecular weight is 566 g/mol. The molecule has 0 spiro atoms. The maximum Gasteiger partial charge on any atom is 0.255 e. The highest BCUT2D eigenvalue weighted by Crippen LogP contribution is 2.53. The van der Waals surface area contributed by atoms with Crippen molar-refractivity contribution >= 4 is 33.0 Å². The minimum atomic E-state index is -4.02. The lowest BCUT2D eigenvalue weighted by Gasteiger charge is -2.45. The van der Waals surface area contributed by atoms with Crippen LogP contribution < -0.4 is 5.32 Å². The van der Waals surface area contributed by atoms with E-state index in [0.29, 0.717) is 12.8 Å². The van der Waals surface area contributed by atoms with Gasteiger partial charge in [0.05, 0.1) is 27.3 Å². The maximum absolute atomic E-state index is 13.7. The molecule has 0 aliphatic heterocycles. The van der Waals surface area contributed by atoms with Gasteiger partial charge in [0.15, 0.2) is 21.5 Å². The number of nitrogens with one attached hydrogen (secondary N) is 1. The number of aliphatic hydroxyl groups excluding tert-OH is 1. The Morgan fingerprint density at radius 3 is 2.50 bits per heavy atom. The minimum absolute atomic E-state index is 0.00469. The van der Waals surface area contributed by atoms with Gasteiger partial charge in [-0.1, -0.05) is 11.6 Å². The quantitative estimate of drug-likeness (QED) is 0.400. The second-order valence-corrected chi connectivity index (χ2v) is 12.6. The normalized spacial score (nSPS) is 25.8. The molecule has 5 atom stereocenters. The number of hydrogen-bond acceptors (Lipinski definition) is 6. The molecule has 0 saturated heterocycles. The standard InChI is InChI=1S/C26H26ClF2N3O5S/c27-20-6-2-15(25(34)31-18-5-7-21(28)22(29)13-18)10-23(20)38(36,37)19-11-16-3-4-17(12-19)26(16,35)24(33)14-32-9-1-8-30-32/h1-2,5-10,13,16-17,19,24,33,35H,3-4,11-12,14H2,(H,31,34)/t16-,17+,19?,24?,26?. The maximum atomic E-state index is 13.7. The summed E-state index contributed by atoms with van der Waals surface area (Å²) in [5.74, 6) is -3.80. The summed E-state index contributed by atoms with van der Waals surface area (Å²) in [5, 5.41) is 28.0. The molecular weight excluding hydrogens is 540 g/mol. The van der Waals surface area contributed by atoms with Crippen LogP contribution in [-0.4, -0.2) is 51.3 Å². The smallest absolute Gasteiger partial charge is 0.255 e. The molecule has 2 aromatic carbocycles. The molecule has 2 fully saturated rings. The first-order chi connectivity index (χ1) is 18.0. The number of sulfone groups is 1. The fourth-order valence-electron chi connectivity index (χ4n) is 5.89. The summed E-state index contributed by atoms with van der Waals surface area (Å²) in [7, 11) is -4.02. The van der Waals surface area contributed by atoms with Crippen molar-refractivity contribution in [1.29, 1.82) is 0 Å². The highest BCUT2D eigenvalue weighted by atomic mass is 35.5. The van der Waals surface area contributed by atoms with Gasteiger partial charge < -0.3 is 15.5 Å². The molecular formula is C26H26ClF2N3O5S. The van der Waals surface area contributed by atoms with Gasteiger partial charge in [0.1, 0.15) is 6.10 Å². The van der Waals surface area contributed by atoms with Crippen LogP contribution in [-0.2, 0) is 16.4 Å². The van der Waals surface area contributed by atoms with Crippen molar-refractivity contribution in [2.45, 2.75) is 54.1 Å². The molecule has 12 heteroatoms. The molecule has 3 N–H and O–H groups in total. The third-order valence-electron chi connectivity index (χ3n) is 7.84.